The summed E-state index contributed by atoms with van der Waals surface area (Å²) in [4.78, 5) is 15.7. The number of hydrogen-bond donors (Lipinski definition) is 1. The summed E-state index contributed by atoms with van der Waals surface area (Å²) in [6.45, 7) is 0.127. The number of rotatable bonds is 6. The normalized spacial score (nSPS) is 20.5. The van der Waals surface area contributed by atoms with Crippen molar-refractivity contribution in [3.63, 3.8) is 0 Å². The molecule has 128 valence electrons. The Morgan fingerprint density at radius 2 is 2.22 bits per heavy atom. The quantitative estimate of drug-likeness (QED) is 0.714. The van der Waals surface area contributed by atoms with E-state index in [-0.39, 0.29) is 36.9 Å². The summed E-state index contributed by atoms with van der Waals surface area (Å²) >= 11 is 0. The molecule has 0 aliphatic carbocycles. The fraction of sp³-hybridized carbons (Fsp3) is 0.538. The Bertz CT molecular complexity index is 762. The number of carbonyl (C=O) groups is 1. The van der Waals surface area contributed by atoms with Crippen LogP contribution in [0.3, 0.4) is 0 Å². The monoisotopic (exact) mass is 361 g/mol. The van der Waals surface area contributed by atoms with Crippen LogP contribution >= 0.6 is 0 Å². The molecule has 10 heteroatoms. The van der Waals surface area contributed by atoms with E-state index in [0.717, 1.165) is 10.6 Å². The van der Waals surface area contributed by atoms with Gasteiger partial charge in [0.2, 0.25) is 10.0 Å². The molecule has 1 aromatic rings. The number of aromatic nitrogens is 1. The topological polar surface area (TPSA) is 114 Å². The lowest BCUT2D eigenvalue weighted by atomic mass is 10.2. The molecule has 2 heterocycles. The van der Waals surface area contributed by atoms with Crippen molar-refractivity contribution >= 4 is 25.8 Å². The molecule has 0 saturated carbocycles. The smallest absolute Gasteiger partial charge is 0.252 e. The molecule has 1 saturated heterocycles. The number of nitrogens with one attached hydrogen (secondary N) is 1. The van der Waals surface area contributed by atoms with Crippen LogP contribution in [0.15, 0.2) is 24.5 Å². The number of sulfone groups is 1. The highest BCUT2D eigenvalue weighted by Gasteiger charge is 2.36. The van der Waals surface area contributed by atoms with Gasteiger partial charge in [-0.05, 0) is 18.6 Å². The maximum absolute atomic E-state index is 11.9. The van der Waals surface area contributed by atoms with Gasteiger partial charge in [0.1, 0.15) is 0 Å². The zero-order valence-electron chi connectivity index (χ0n) is 12.7. The molecule has 1 aliphatic rings. The molecule has 1 fully saturated rings. The van der Waals surface area contributed by atoms with E-state index in [1.54, 1.807) is 18.3 Å². The van der Waals surface area contributed by atoms with Crippen LogP contribution in [-0.2, 0) is 19.9 Å². The average Bonchev–Trinajstić information content (AvgIpc) is 2.82. The molecule has 1 atom stereocenters. The van der Waals surface area contributed by atoms with Crippen molar-refractivity contribution in [3.8, 4) is 0 Å². The van der Waals surface area contributed by atoms with Crippen LogP contribution in [-0.4, -0.2) is 68.9 Å². The third kappa shape index (κ3) is 4.98. The van der Waals surface area contributed by atoms with E-state index in [1.807, 2.05) is 0 Å². The Hall–Kier alpha value is -1.52. The van der Waals surface area contributed by atoms with Crippen molar-refractivity contribution in [2.75, 3.05) is 30.9 Å². The first-order chi connectivity index (χ1) is 10.7. The lowest BCUT2D eigenvalue weighted by Gasteiger charge is -2.25. The molecule has 1 amide bonds. The maximum atomic E-state index is 11.9. The average molecular weight is 361 g/mol. The van der Waals surface area contributed by atoms with Gasteiger partial charge in [0, 0.05) is 31.5 Å². The molecule has 0 bridgehead atoms. The lowest BCUT2D eigenvalue weighted by molar-refractivity contribution is 0.0950. The van der Waals surface area contributed by atoms with Gasteiger partial charge in [-0.2, -0.15) is 4.31 Å². The number of sulfonamides is 1. The van der Waals surface area contributed by atoms with Crippen LogP contribution < -0.4 is 5.32 Å². The number of amides is 1. The first-order valence-electron chi connectivity index (χ1n) is 7.04. The minimum Gasteiger partial charge on any atom is -0.351 e. The Kier molecular flexibility index (Phi) is 5.37. The predicted octanol–water partition coefficient (Wildman–Crippen LogP) is -0.740. The fourth-order valence-corrected chi connectivity index (χ4v) is 5.47. The number of hydrogen-bond acceptors (Lipinski definition) is 6. The van der Waals surface area contributed by atoms with Gasteiger partial charge in [0.25, 0.3) is 5.91 Å². The molecule has 0 aromatic carbocycles. The van der Waals surface area contributed by atoms with Crippen molar-refractivity contribution in [1.82, 2.24) is 14.6 Å². The first kappa shape index (κ1) is 17.8. The Labute approximate surface area is 135 Å². The van der Waals surface area contributed by atoms with Gasteiger partial charge in [-0.15, -0.1) is 0 Å². The molecule has 1 unspecified atom stereocenters. The summed E-state index contributed by atoms with van der Waals surface area (Å²) in [5.74, 6) is -0.534. The molecule has 8 nitrogen and oxygen atoms in total. The molecule has 23 heavy (non-hydrogen) atoms. The van der Waals surface area contributed by atoms with Crippen LogP contribution in [0.4, 0.5) is 0 Å². The third-order valence-corrected chi connectivity index (χ3v) is 6.67. The van der Waals surface area contributed by atoms with Gasteiger partial charge in [-0.1, -0.05) is 0 Å². The second kappa shape index (κ2) is 6.93. The highest BCUT2D eigenvalue weighted by molar-refractivity contribution is 7.92. The number of pyridine rings is 1. The van der Waals surface area contributed by atoms with E-state index in [9.17, 15) is 21.6 Å². The molecule has 1 aromatic heterocycles. The molecule has 1 N–H and O–H groups in total. The van der Waals surface area contributed by atoms with Crippen molar-refractivity contribution in [2.45, 2.75) is 12.5 Å². The van der Waals surface area contributed by atoms with Gasteiger partial charge in [-0.3, -0.25) is 9.78 Å². The van der Waals surface area contributed by atoms with Crippen LogP contribution in [0.25, 0.3) is 0 Å². The van der Waals surface area contributed by atoms with E-state index in [4.69, 9.17) is 0 Å². The maximum Gasteiger partial charge on any atom is 0.252 e. The van der Waals surface area contributed by atoms with Crippen LogP contribution in [0.5, 0.6) is 0 Å². The van der Waals surface area contributed by atoms with E-state index < -0.39 is 25.9 Å². The van der Waals surface area contributed by atoms with Crippen molar-refractivity contribution in [1.29, 1.82) is 0 Å². The van der Waals surface area contributed by atoms with Crippen LogP contribution in [0, 0.1) is 0 Å². The fourth-order valence-electron chi connectivity index (χ4n) is 2.50. The van der Waals surface area contributed by atoms with Crippen molar-refractivity contribution in [2.24, 2.45) is 0 Å². The SMILES string of the molecule is CS(=O)(=O)N(CCNC(=O)c1cccnc1)C1CCS(=O)(=O)C1. The summed E-state index contributed by atoms with van der Waals surface area (Å²) in [6, 6.07) is 2.66. The molecule has 0 radical (unpaired) electrons. The Morgan fingerprint density at radius 3 is 2.74 bits per heavy atom. The van der Waals surface area contributed by atoms with E-state index >= 15 is 0 Å². The van der Waals surface area contributed by atoms with Crippen molar-refractivity contribution < 1.29 is 21.6 Å². The lowest BCUT2D eigenvalue weighted by Crippen LogP contribution is -2.44. The molecule has 1 aliphatic heterocycles. The summed E-state index contributed by atoms with van der Waals surface area (Å²) in [7, 11) is -6.74. The van der Waals surface area contributed by atoms with E-state index in [2.05, 4.69) is 10.3 Å². The van der Waals surface area contributed by atoms with Gasteiger partial charge >= 0.3 is 0 Å². The second-order valence-corrected chi connectivity index (χ2v) is 9.59. The van der Waals surface area contributed by atoms with E-state index in [1.165, 1.54) is 6.20 Å². The van der Waals surface area contributed by atoms with Gasteiger partial charge in [-0.25, -0.2) is 16.8 Å². The highest BCUT2D eigenvalue weighted by Crippen LogP contribution is 2.19. The summed E-state index contributed by atoms with van der Waals surface area (Å²) in [5, 5.41) is 2.61. The molecular formula is C13H19N3O5S2. The predicted molar refractivity (Wildman–Crippen MR) is 85.2 cm³/mol. The number of carbonyl (C=O) groups excluding carboxylic acids is 1. The zero-order chi connectivity index (χ0) is 17.1. The zero-order valence-corrected chi connectivity index (χ0v) is 14.3. The van der Waals surface area contributed by atoms with Crippen LogP contribution in [0.1, 0.15) is 16.8 Å². The Morgan fingerprint density at radius 1 is 1.48 bits per heavy atom. The second-order valence-electron chi connectivity index (χ2n) is 5.43. The number of nitrogens with zero attached hydrogens (tertiary/aromatic N) is 2. The minimum absolute atomic E-state index is 0.00820. The molecular weight excluding hydrogens is 342 g/mol. The highest BCUT2D eigenvalue weighted by atomic mass is 32.2. The minimum atomic E-state index is -3.56. The van der Waals surface area contributed by atoms with E-state index in [0.29, 0.717) is 5.56 Å². The summed E-state index contributed by atoms with van der Waals surface area (Å²) in [5.41, 5.74) is 0.377. The standard InChI is InChI=1S/C13H19N3O5S2/c1-22(18,19)16(12-4-8-23(20,21)10-12)7-6-15-13(17)11-3-2-5-14-9-11/h2-3,5,9,12H,4,6-8,10H2,1H3,(H,15,17). The third-order valence-electron chi connectivity index (χ3n) is 3.58. The summed E-state index contributed by atoms with van der Waals surface area (Å²) < 4.78 is 48.0. The molecule has 2 rings (SSSR count). The largest absolute Gasteiger partial charge is 0.351 e. The van der Waals surface area contributed by atoms with Gasteiger partial charge in [0.15, 0.2) is 9.84 Å². The summed E-state index contributed by atoms with van der Waals surface area (Å²) in [6.07, 6.45) is 4.28. The van der Waals surface area contributed by atoms with Gasteiger partial charge in [0.05, 0.1) is 23.3 Å². The Balaban J connectivity index is 1.96. The van der Waals surface area contributed by atoms with Gasteiger partial charge < -0.3 is 5.32 Å². The van der Waals surface area contributed by atoms with Crippen LogP contribution in [0.2, 0.25) is 0 Å². The molecule has 0 spiro atoms. The first-order valence-corrected chi connectivity index (χ1v) is 10.7. The van der Waals surface area contributed by atoms with Crippen molar-refractivity contribution in [3.05, 3.63) is 30.1 Å².